The van der Waals surface area contributed by atoms with Crippen molar-refractivity contribution in [2.24, 2.45) is 5.73 Å². The van der Waals surface area contributed by atoms with E-state index in [1.54, 1.807) is 18.2 Å². The average Bonchev–Trinajstić information content (AvgIpc) is 2.98. The summed E-state index contributed by atoms with van der Waals surface area (Å²) in [6.45, 7) is 0. The number of nitrogens with two attached hydrogens (primary N) is 1. The predicted molar refractivity (Wildman–Crippen MR) is 149 cm³/mol. The molecule has 2 N–H and O–H groups in total. The third-order valence-electron chi connectivity index (χ3n) is 5.61. The van der Waals surface area contributed by atoms with Crippen LogP contribution in [0.5, 0.6) is 0 Å². The Balaban J connectivity index is 0.000000412. The fraction of sp³-hybridized carbons (Fsp3) is 0.0667. The number of benzene rings is 5. The zero-order valence-corrected chi connectivity index (χ0v) is 23.2. The van der Waals surface area contributed by atoms with Crippen LogP contribution in [0, 0.1) is 0 Å². The Labute approximate surface area is 233 Å². The fourth-order valence-electron chi connectivity index (χ4n) is 3.85. The molecule has 4 nitrogen and oxygen atoms in total. The maximum atomic E-state index is 13.3. The van der Waals surface area contributed by atoms with E-state index in [-0.39, 0.29) is 4.90 Å². The van der Waals surface area contributed by atoms with Crippen LogP contribution in [0.3, 0.4) is 0 Å². The third kappa shape index (κ3) is 8.06. The SMILES string of the molecule is N[C@H](c1ccccc1)[C@H]([N-]S(=O)(=O)c1cccc2ccccc12)c1ccccc1.[Cl][Ru+].c1ccccc1. The quantitative estimate of drug-likeness (QED) is 0.199. The normalized spacial score (nSPS) is 12.3. The molecule has 0 bridgehead atoms. The van der Waals surface area contributed by atoms with Crippen LogP contribution < -0.4 is 5.73 Å². The van der Waals surface area contributed by atoms with Gasteiger partial charge in [-0.2, -0.15) is 0 Å². The smallest absolute Gasteiger partial charge is 0.0623 e. The van der Waals surface area contributed by atoms with E-state index in [1.807, 2.05) is 139 Å². The molecule has 5 rings (SSSR count). The van der Waals surface area contributed by atoms with Crippen molar-refractivity contribution in [3.8, 4) is 0 Å². The molecule has 0 fully saturated rings. The molecule has 2 atom stereocenters. The number of hydrogen-bond donors (Lipinski definition) is 1. The largest absolute Gasteiger partial charge is 0.0623 e. The molecular formula is C30H27ClN2O2RuS. The number of hydrogen-bond acceptors (Lipinski definition) is 3. The summed E-state index contributed by atoms with van der Waals surface area (Å²) in [7, 11) is 0.627. The summed E-state index contributed by atoms with van der Waals surface area (Å²) in [4.78, 5) is 0.191. The van der Waals surface area contributed by atoms with E-state index in [1.165, 1.54) is 0 Å². The van der Waals surface area contributed by atoms with Crippen LogP contribution in [0.1, 0.15) is 23.2 Å². The molecule has 190 valence electrons. The Kier molecular flexibility index (Phi) is 11.5. The number of sulfonamides is 1. The second-order valence-corrected chi connectivity index (χ2v) is 9.61. The molecule has 0 aliphatic rings. The van der Waals surface area contributed by atoms with Gasteiger partial charge in [0.05, 0.1) is 4.90 Å². The molecule has 37 heavy (non-hydrogen) atoms. The molecule has 0 heterocycles. The Bertz CT molecular complexity index is 1420. The second kappa shape index (κ2) is 14.8. The standard InChI is InChI=1S/C24H21N2O2S.C6H6.ClH.Ru/c25-23(19-11-3-1-4-12-19)24(20-13-5-2-6-14-20)26-29(27,28)22-17-9-15-18-10-7-8-16-21(18)22;1-2-4-6-5-3-1;;/h1-17,23-24H,25H2;1-6H;1H;/q-1;;;+2/p-1/t23-,24-;;;/m1.../s1. The van der Waals surface area contributed by atoms with E-state index >= 15 is 0 Å². The van der Waals surface area contributed by atoms with Crippen LogP contribution in [0.4, 0.5) is 0 Å². The molecule has 0 saturated carbocycles. The summed E-state index contributed by atoms with van der Waals surface area (Å²) in [5.41, 5.74) is 8.10. The average molecular weight is 616 g/mol. The number of rotatable bonds is 6. The minimum Gasteiger partial charge on any atom is -0.0623 e. The van der Waals surface area contributed by atoms with Crippen molar-refractivity contribution in [3.63, 3.8) is 0 Å². The summed E-state index contributed by atoms with van der Waals surface area (Å²) in [5.74, 6) is 0. The van der Waals surface area contributed by atoms with Gasteiger partial charge in [0.2, 0.25) is 0 Å². The number of fused-ring (bicyclic) bond motifs is 1. The van der Waals surface area contributed by atoms with Crippen LogP contribution in [-0.4, -0.2) is 8.42 Å². The van der Waals surface area contributed by atoms with Gasteiger partial charge < -0.3 is 10.5 Å². The summed E-state index contributed by atoms with van der Waals surface area (Å²) in [5, 5.41) is 1.51. The molecule has 0 unspecified atom stereocenters. The molecule has 0 amide bonds. The maximum absolute atomic E-state index is 13.3. The van der Waals surface area contributed by atoms with Gasteiger partial charge in [-0.1, -0.05) is 145 Å². The van der Waals surface area contributed by atoms with Gasteiger partial charge in [0, 0.05) is 6.04 Å². The van der Waals surface area contributed by atoms with Crippen molar-refractivity contribution in [3.05, 3.63) is 155 Å². The molecular weight excluding hydrogens is 589 g/mol. The zero-order valence-electron chi connectivity index (χ0n) is 19.9. The van der Waals surface area contributed by atoms with Crippen molar-refractivity contribution >= 4 is 30.5 Å². The summed E-state index contributed by atoms with van der Waals surface area (Å²) in [6.07, 6.45) is 0. The molecule has 5 aromatic rings. The van der Waals surface area contributed by atoms with Crippen molar-refractivity contribution in [1.29, 1.82) is 0 Å². The van der Waals surface area contributed by atoms with Gasteiger partial charge in [0.1, 0.15) is 10.0 Å². The van der Waals surface area contributed by atoms with E-state index in [0.29, 0.717) is 5.39 Å². The predicted octanol–water partition coefficient (Wildman–Crippen LogP) is 7.72. The van der Waals surface area contributed by atoms with Gasteiger partial charge in [-0.25, -0.2) is 8.42 Å². The first kappa shape index (κ1) is 28.7. The van der Waals surface area contributed by atoms with Crippen LogP contribution in [-0.2, 0) is 27.3 Å². The van der Waals surface area contributed by atoms with Gasteiger partial charge in [0.25, 0.3) is 0 Å². The van der Waals surface area contributed by atoms with E-state index < -0.39 is 22.1 Å². The Hall–Kier alpha value is -2.86. The molecule has 0 saturated heterocycles. The van der Waals surface area contributed by atoms with Gasteiger partial charge in [0.15, 0.2) is 0 Å². The second-order valence-electron chi connectivity index (χ2n) is 8.00. The van der Waals surface area contributed by atoms with Crippen molar-refractivity contribution in [1.82, 2.24) is 0 Å². The minimum atomic E-state index is -3.94. The number of nitrogens with zero attached hydrogens (tertiary/aromatic N) is 1. The fourth-order valence-corrected chi connectivity index (χ4v) is 5.23. The summed E-state index contributed by atoms with van der Waals surface area (Å²) < 4.78 is 31.0. The molecule has 0 aliphatic heterocycles. The van der Waals surface area contributed by atoms with Gasteiger partial charge in [-0.15, -0.1) is 0 Å². The Morgan fingerprint density at radius 2 is 1.03 bits per heavy atom. The maximum Gasteiger partial charge on any atom is -0.0623 e. The Morgan fingerprint density at radius 3 is 1.59 bits per heavy atom. The minimum absolute atomic E-state index is 0.191. The first-order valence-corrected chi connectivity index (χ1v) is 15.2. The van der Waals surface area contributed by atoms with Crippen molar-refractivity contribution in [2.45, 2.75) is 17.0 Å². The van der Waals surface area contributed by atoms with Gasteiger partial charge >= 0.3 is 27.0 Å². The Morgan fingerprint density at radius 1 is 0.595 bits per heavy atom. The topological polar surface area (TPSA) is 74.3 Å². The number of halogens is 1. The van der Waals surface area contributed by atoms with Crippen molar-refractivity contribution in [2.75, 3.05) is 0 Å². The molecule has 0 aromatic heterocycles. The van der Waals surface area contributed by atoms with Crippen LogP contribution in [0.25, 0.3) is 15.5 Å². The zero-order chi connectivity index (χ0) is 26.5. The van der Waals surface area contributed by atoms with Gasteiger partial charge in [-0.05, 0) is 22.4 Å². The van der Waals surface area contributed by atoms with E-state index in [9.17, 15) is 8.42 Å². The van der Waals surface area contributed by atoms with E-state index in [2.05, 4.69) is 14.4 Å². The first-order valence-electron chi connectivity index (χ1n) is 11.5. The van der Waals surface area contributed by atoms with Gasteiger partial charge in [-0.3, -0.25) is 0 Å². The third-order valence-corrected chi connectivity index (χ3v) is 7.03. The van der Waals surface area contributed by atoms with Crippen LogP contribution >= 0.6 is 9.69 Å². The first-order chi connectivity index (χ1) is 18.1. The molecule has 0 aliphatic carbocycles. The molecule has 0 radical (unpaired) electrons. The molecule has 5 aromatic carbocycles. The van der Waals surface area contributed by atoms with E-state index in [0.717, 1.165) is 16.5 Å². The molecule has 0 spiro atoms. The molecule has 7 heteroatoms. The summed E-state index contributed by atoms with van der Waals surface area (Å²) >= 11 is 1.82. The monoisotopic (exact) mass is 616 g/mol. The van der Waals surface area contributed by atoms with Crippen LogP contribution in [0.15, 0.2) is 144 Å². The van der Waals surface area contributed by atoms with E-state index in [4.69, 9.17) is 5.73 Å². The van der Waals surface area contributed by atoms with Crippen LogP contribution in [0.2, 0.25) is 0 Å². The van der Waals surface area contributed by atoms with Crippen molar-refractivity contribution < 1.29 is 25.7 Å². The summed E-state index contributed by atoms with van der Waals surface area (Å²) in [6, 6.07) is 42.1.